The molecule has 0 saturated heterocycles. The number of carbonyl (C=O) groups excluding carboxylic acids is 1. The van der Waals surface area contributed by atoms with Crippen molar-refractivity contribution in [1.82, 2.24) is 19.4 Å². The number of H-pyrrole nitrogens is 1. The first-order valence-electron chi connectivity index (χ1n) is 9.38. The van der Waals surface area contributed by atoms with E-state index in [0.717, 1.165) is 51.0 Å². The lowest BCUT2D eigenvalue weighted by Crippen LogP contribution is -2.37. The number of aromatic amines is 1. The van der Waals surface area contributed by atoms with E-state index in [2.05, 4.69) is 30.5 Å². The van der Waals surface area contributed by atoms with Crippen molar-refractivity contribution < 1.29 is 24.6 Å². The molecule has 0 radical (unpaired) electrons. The number of hydrogen-bond acceptors (Lipinski definition) is 4. The number of nitrogens with one attached hydrogen (secondary N) is 1. The first kappa shape index (κ1) is 22.3. The molecule has 0 atom stereocenters. The van der Waals surface area contributed by atoms with Gasteiger partial charge >= 0.3 is 11.9 Å². The Kier molecular flexibility index (Phi) is 6.59. The van der Waals surface area contributed by atoms with Crippen molar-refractivity contribution in [2.24, 2.45) is 7.05 Å². The second kappa shape index (κ2) is 9.17. The Morgan fingerprint density at radius 2 is 1.94 bits per heavy atom. The van der Waals surface area contributed by atoms with Gasteiger partial charge in [-0.15, -0.1) is 0 Å². The molecule has 1 aliphatic rings. The molecule has 9 nitrogen and oxygen atoms in total. The lowest BCUT2D eigenvalue weighted by molar-refractivity contribution is -0.134. The number of carboxylic acids is 2. The minimum absolute atomic E-state index is 0.0948. The van der Waals surface area contributed by atoms with Gasteiger partial charge in [-0.3, -0.25) is 4.79 Å². The Bertz CT molecular complexity index is 1180. The van der Waals surface area contributed by atoms with E-state index >= 15 is 0 Å². The van der Waals surface area contributed by atoms with Crippen LogP contribution in [-0.2, 0) is 29.6 Å². The van der Waals surface area contributed by atoms with E-state index in [9.17, 15) is 14.4 Å². The summed E-state index contributed by atoms with van der Waals surface area (Å²) in [5.74, 6) is -2.42. The average Bonchev–Trinajstić information content (AvgIpc) is 3.25. The highest BCUT2D eigenvalue weighted by Gasteiger charge is 2.30. The summed E-state index contributed by atoms with van der Waals surface area (Å²) in [5, 5.41) is 16.6. The maximum absolute atomic E-state index is 13.1. The standard InChI is InChI=1S/C17H17BrN4O.C4H4O4/c1-10-13(20-9-19-10)8-22-7-6-14-15(17(22)23)11-4-3-5-12(18)16(11)21(14)2;5-3(6)1-2-4(7)8/h3-5,9H,6-8H2,1-2H3,(H,19,20);1-2H,(H,5,6)(H,7,8)/b;2-1-. The Hall–Kier alpha value is -3.40. The SMILES string of the molecule is Cc1[nH]cnc1CN1CCc2c(c3cccc(Br)c3n2C)C1=O.O=C(O)/C=C\C(=O)O. The molecule has 0 bridgehead atoms. The van der Waals surface area contributed by atoms with Crippen LogP contribution in [0.25, 0.3) is 10.9 Å². The number of fused-ring (bicyclic) bond motifs is 3. The third-order valence-electron chi connectivity index (χ3n) is 5.05. The highest BCUT2D eigenvalue weighted by molar-refractivity contribution is 9.10. The van der Waals surface area contributed by atoms with Crippen molar-refractivity contribution in [2.75, 3.05) is 6.54 Å². The van der Waals surface area contributed by atoms with Gasteiger partial charge in [-0.05, 0) is 28.9 Å². The van der Waals surface area contributed by atoms with Crippen molar-refractivity contribution in [2.45, 2.75) is 19.9 Å². The van der Waals surface area contributed by atoms with E-state index in [-0.39, 0.29) is 5.91 Å². The molecule has 3 heterocycles. The molecule has 0 fully saturated rings. The van der Waals surface area contributed by atoms with Crippen LogP contribution in [0.4, 0.5) is 0 Å². The number of imidazole rings is 1. The summed E-state index contributed by atoms with van der Waals surface area (Å²) < 4.78 is 3.17. The van der Waals surface area contributed by atoms with Gasteiger partial charge in [-0.25, -0.2) is 14.6 Å². The number of aromatic nitrogens is 3. The molecule has 0 spiro atoms. The van der Waals surface area contributed by atoms with Crippen molar-refractivity contribution >= 4 is 44.7 Å². The van der Waals surface area contributed by atoms with E-state index < -0.39 is 11.9 Å². The minimum Gasteiger partial charge on any atom is -0.478 e. The normalized spacial score (nSPS) is 13.3. The molecular formula is C21H21BrN4O5. The topological polar surface area (TPSA) is 129 Å². The molecule has 1 aliphatic heterocycles. The van der Waals surface area contributed by atoms with Gasteiger partial charge in [0, 0.05) is 53.4 Å². The fraction of sp³-hybridized carbons (Fsp3) is 0.238. The van der Waals surface area contributed by atoms with E-state index in [1.807, 2.05) is 37.1 Å². The molecule has 3 N–H and O–H groups in total. The number of carbonyl (C=O) groups is 3. The van der Waals surface area contributed by atoms with Gasteiger partial charge < -0.3 is 24.7 Å². The number of rotatable bonds is 4. The average molecular weight is 489 g/mol. The summed E-state index contributed by atoms with van der Waals surface area (Å²) in [6.07, 6.45) is 3.66. The van der Waals surface area contributed by atoms with Gasteiger partial charge in [0.05, 0.1) is 29.6 Å². The molecule has 0 aliphatic carbocycles. The maximum Gasteiger partial charge on any atom is 0.328 e. The number of halogens is 1. The molecule has 31 heavy (non-hydrogen) atoms. The second-order valence-corrected chi connectivity index (χ2v) is 7.83. The molecule has 3 aromatic rings. The molecule has 0 saturated carbocycles. The number of nitrogens with zero attached hydrogens (tertiary/aromatic N) is 3. The lowest BCUT2D eigenvalue weighted by atomic mass is 10.0. The summed E-state index contributed by atoms with van der Waals surface area (Å²) in [6.45, 7) is 3.26. The van der Waals surface area contributed by atoms with Crippen LogP contribution in [0.5, 0.6) is 0 Å². The number of para-hydroxylation sites is 1. The number of aryl methyl sites for hydroxylation is 2. The lowest BCUT2D eigenvalue weighted by Gasteiger charge is -2.27. The molecule has 1 amide bonds. The van der Waals surface area contributed by atoms with Crippen LogP contribution in [0.1, 0.15) is 27.4 Å². The van der Waals surface area contributed by atoms with Crippen molar-refractivity contribution in [3.63, 3.8) is 0 Å². The zero-order valence-electron chi connectivity index (χ0n) is 16.9. The Balaban J connectivity index is 0.000000293. The molecule has 2 aromatic heterocycles. The fourth-order valence-corrected chi connectivity index (χ4v) is 4.20. The Morgan fingerprint density at radius 3 is 2.52 bits per heavy atom. The zero-order valence-corrected chi connectivity index (χ0v) is 18.5. The summed E-state index contributed by atoms with van der Waals surface area (Å²) in [6, 6.07) is 6.03. The minimum atomic E-state index is -1.26. The summed E-state index contributed by atoms with van der Waals surface area (Å²) in [5.41, 5.74) is 4.99. The van der Waals surface area contributed by atoms with Gasteiger partial charge in [-0.2, -0.15) is 0 Å². The maximum atomic E-state index is 13.1. The second-order valence-electron chi connectivity index (χ2n) is 6.98. The van der Waals surface area contributed by atoms with Gasteiger partial charge in [0.25, 0.3) is 5.91 Å². The zero-order chi connectivity index (χ0) is 22.7. The van der Waals surface area contributed by atoms with E-state index in [1.54, 1.807) is 6.33 Å². The summed E-state index contributed by atoms with van der Waals surface area (Å²) in [4.78, 5) is 41.4. The first-order chi connectivity index (χ1) is 14.7. The van der Waals surface area contributed by atoms with Crippen LogP contribution in [-0.4, -0.2) is 54.0 Å². The highest BCUT2D eigenvalue weighted by Crippen LogP contribution is 2.34. The fourth-order valence-electron chi connectivity index (χ4n) is 3.57. The van der Waals surface area contributed by atoms with Crippen molar-refractivity contribution in [3.05, 3.63) is 63.8 Å². The number of aliphatic carboxylic acids is 2. The van der Waals surface area contributed by atoms with Gasteiger partial charge in [-0.1, -0.05) is 12.1 Å². The van der Waals surface area contributed by atoms with Crippen molar-refractivity contribution in [3.8, 4) is 0 Å². The number of carboxylic acid groups (broad SMARTS) is 2. The first-order valence-corrected chi connectivity index (χ1v) is 10.2. The number of benzene rings is 1. The van der Waals surface area contributed by atoms with Crippen LogP contribution in [0.3, 0.4) is 0 Å². The van der Waals surface area contributed by atoms with Crippen LogP contribution in [0.2, 0.25) is 0 Å². The predicted octanol–water partition coefficient (Wildman–Crippen LogP) is 2.88. The predicted molar refractivity (Wildman–Crippen MR) is 117 cm³/mol. The van der Waals surface area contributed by atoms with Crippen LogP contribution < -0.4 is 0 Å². The third-order valence-corrected chi connectivity index (χ3v) is 5.69. The molecule has 4 rings (SSSR count). The van der Waals surface area contributed by atoms with Gasteiger partial charge in [0.1, 0.15) is 0 Å². The molecular weight excluding hydrogens is 468 g/mol. The highest BCUT2D eigenvalue weighted by atomic mass is 79.9. The van der Waals surface area contributed by atoms with Crippen molar-refractivity contribution in [1.29, 1.82) is 0 Å². The van der Waals surface area contributed by atoms with Crippen LogP contribution >= 0.6 is 15.9 Å². The smallest absolute Gasteiger partial charge is 0.328 e. The van der Waals surface area contributed by atoms with E-state index in [0.29, 0.717) is 18.7 Å². The molecule has 0 unspecified atom stereocenters. The molecule has 10 heteroatoms. The summed E-state index contributed by atoms with van der Waals surface area (Å²) >= 11 is 3.61. The van der Waals surface area contributed by atoms with Gasteiger partial charge in [0.15, 0.2) is 0 Å². The Labute approximate surface area is 186 Å². The third kappa shape index (κ3) is 4.69. The van der Waals surface area contributed by atoms with E-state index in [1.165, 1.54) is 0 Å². The molecule has 162 valence electrons. The van der Waals surface area contributed by atoms with Gasteiger partial charge in [0.2, 0.25) is 0 Å². The quantitative estimate of drug-likeness (QED) is 0.484. The number of hydrogen-bond donors (Lipinski definition) is 3. The Morgan fingerprint density at radius 1 is 1.26 bits per heavy atom. The summed E-state index contributed by atoms with van der Waals surface area (Å²) in [7, 11) is 2.03. The largest absolute Gasteiger partial charge is 0.478 e. The van der Waals surface area contributed by atoms with E-state index in [4.69, 9.17) is 10.2 Å². The molecule has 1 aromatic carbocycles. The van der Waals surface area contributed by atoms with Crippen LogP contribution in [0.15, 0.2) is 41.2 Å². The van der Waals surface area contributed by atoms with Crippen LogP contribution in [0, 0.1) is 6.92 Å². The number of amides is 1. The monoisotopic (exact) mass is 488 g/mol.